The lowest BCUT2D eigenvalue weighted by molar-refractivity contribution is -0.140. The van der Waals surface area contributed by atoms with Crippen molar-refractivity contribution >= 4 is 5.97 Å². The molecular formula is C20H19F3O3. The summed E-state index contributed by atoms with van der Waals surface area (Å²) in [5, 5.41) is 9.15. The van der Waals surface area contributed by atoms with Gasteiger partial charge in [-0.05, 0) is 49.4 Å². The Hall–Kier alpha value is -2.50. The lowest BCUT2D eigenvalue weighted by Crippen LogP contribution is -2.36. The van der Waals surface area contributed by atoms with Crippen LogP contribution in [-0.4, -0.2) is 11.1 Å². The molecule has 6 heteroatoms. The van der Waals surface area contributed by atoms with Gasteiger partial charge in [-0.25, -0.2) is 4.79 Å². The molecule has 1 fully saturated rings. The van der Waals surface area contributed by atoms with E-state index in [4.69, 9.17) is 9.84 Å². The van der Waals surface area contributed by atoms with Gasteiger partial charge in [0.25, 0.3) is 0 Å². The molecule has 138 valence electrons. The molecule has 2 aromatic rings. The number of rotatable bonds is 4. The van der Waals surface area contributed by atoms with Gasteiger partial charge >= 0.3 is 12.1 Å². The Kier molecular flexibility index (Phi) is 4.94. The van der Waals surface area contributed by atoms with Gasteiger partial charge in [0.15, 0.2) is 0 Å². The summed E-state index contributed by atoms with van der Waals surface area (Å²) in [4.78, 5) is 11.2. The van der Waals surface area contributed by atoms with Gasteiger partial charge in [-0.3, -0.25) is 0 Å². The van der Waals surface area contributed by atoms with E-state index >= 15 is 0 Å². The van der Waals surface area contributed by atoms with Gasteiger partial charge in [-0.2, -0.15) is 13.2 Å². The topological polar surface area (TPSA) is 46.5 Å². The molecule has 26 heavy (non-hydrogen) atoms. The van der Waals surface area contributed by atoms with E-state index in [0.29, 0.717) is 12.8 Å². The van der Waals surface area contributed by atoms with Crippen LogP contribution in [-0.2, 0) is 11.8 Å². The van der Waals surface area contributed by atoms with Crippen LogP contribution >= 0.6 is 0 Å². The van der Waals surface area contributed by atoms with Crippen LogP contribution < -0.4 is 4.74 Å². The number of ether oxygens (including phenoxy) is 1. The average Bonchev–Trinajstić information content (AvgIpc) is 2.62. The van der Waals surface area contributed by atoms with Gasteiger partial charge in [0.1, 0.15) is 11.4 Å². The summed E-state index contributed by atoms with van der Waals surface area (Å²) < 4.78 is 46.3. The minimum absolute atomic E-state index is 0.230. The molecule has 0 unspecified atom stereocenters. The first-order valence-corrected chi connectivity index (χ1v) is 8.51. The molecule has 0 aromatic heterocycles. The molecule has 3 nitrogen and oxygen atoms in total. The number of carbonyl (C=O) groups is 1. The van der Waals surface area contributed by atoms with Gasteiger partial charge in [0.2, 0.25) is 0 Å². The smallest absolute Gasteiger partial charge is 0.419 e. The molecule has 1 aliphatic rings. The highest BCUT2D eigenvalue weighted by Crippen LogP contribution is 2.45. The van der Waals surface area contributed by atoms with Crippen LogP contribution in [0.2, 0.25) is 0 Å². The van der Waals surface area contributed by atoms with Crippen LogP contribution in [0.1, 0.15) is 53.6 Å². The highest BCUT2D eigenvalue weighted by atomic mass is 19.4. The summed E-state index contributed by atoms with van der Waals surface area (Å²) in [6.45, 7) is 0. The van der Waals surface area contributed by atoms with Gasteiger partial charge in [-0.15, -0.1) is 0 Å². The molecule has 0 amide bonds. The molecule has 1 aliphatic carbocycles. The Bertz CT molecular complexity index is 779. The predicted octanol–water partition coefficient (Wildman–Crippen LogP) is 5.64. The maximum absolute atomic E-state index is 13.4. The zero-order valence-electron chi connectivity index (χ0n) is 14.1. The fourth-order valence-corrected chi connectivity index (χ4v) is 3.50. The fraction of sp³-hybridized carbons (Fsp3) is 0.350. The molecule has 0 saturated heterocycles. The van der Waals surface area contributed by atoms with Crippen molar-refractivity contribution in [1.29, 1.82) is 0 Å². The quantitative estimate of drug-likeness (QED) is 0.763. The Balaban J connectivity index is 2.09. The first-order valence-electron chi connectivity index (χ1n) is 8.51. The molecule has 1 N–H and O–H groups in total. The molecule has 0 atom stereocenters. The molecule has 0 bridgehead atoms. The Morgan fingerprint density at radius 2 is 1.65 bits per heavy atom. The van der Waals surface area contributed by atoms with Gasteiger partial charge in [-0.1, -0.05) is 36.8 Å². The van der Waals surface area contributed by atoms with Crippen LogP contribution in [0, 0.1) is 0 Å². The molecule has 1 saturated carbocycles. The van der Waals surface area contributed by atoms with Crippen molar-refractivity contribution in [3.8, 4) is 5.75 Å². The normalized spacial score (nSPS) is 16.9. The van der Waals surface area contributed by atoms with Crippen molar-refractivity contribution in [2.24, 2.45) is 0 Å². The summed E-state index contributed by atoms with van der Waals surface area (Å²) in [5.74, 6) is -1.72. The van der Waals surface area contributed by atoms with E-state index in [0.717, 1.165) is 43.0 Å². The van der Waals surface area contributed by atoms with Gasteiger partial charge in [0.05, 0.1) is 11.1 Å². The van der Waals surface area contributed by atoms with Crippen molar-refractivity contribution in [1.82, 2.24) is 0 Å². The maximum atomic E-state index is 13.4. The zero-order chi connectivity index (χ0) is 18.8. The van der Waals surface area contributed by atoms with Gasteiger partial charge < -0.3 is 9.84 Å². The number of carboxylic acid groups (broad SMARTS) is 1. The molecule has 0 heterocycles. The van der Waals surface area contributed by atoms with E-state index in [1.165, 1.54) is 0 Å². The average molecular weight is 364 g/mol. The molecule has 0 spiro atoms. The van der Waals surface area contributed by atoms with Crippen molar-refractivity contribution in [3.05, 3.63) is 65.2 Å². The number of aromatic carboxylic acids is 1. The van der Waals surface area contributed by atoms with E-state index in [1.54, 1.807) is 0 Å². The molecule has 0 aliphatic heterocycles. The van der Waals surface area contributed by atoms with E-state index in [-0.39, 0.29) is 5.56 Å². The van der Waals surface area contributed by atoms with E-state index in [2.05, 4.69) is 0 Å². The summed E-state index contributed by atoms with van der Waals surface area (Å²) in [7, 11) is 0. The molecule has 3 rings (SSSR count). The van der Waals surface area contributed by atoms with Crippen molar-refractivity contribution in [2.75, 3.05) is 0 Å². The van der Waals surface area contributed by atoms with E-state index < -0.39 is 29.1 Å². The third-order valence-corrected chi connectivity index (χ3v) is 4.80. The lowest BCUT2D eigenvalue weighted by atomic mass is 9.79. The summed E-state index contributed by atoms with van der Waals surface area (Å²) in [6, 6.07) is 11.9. The van der Waals surface area contributed by atoms with Crippen LogP contribution in [0.3, 0.4) is 0 Å². The van der Waals surface area contributed by atoms with Gasteiger partial charge in [0, 0.05) is 0 Å². The second kappa shape index (κ2) is 7.02. The fourth-order valence-electron chi connectivity index (χ4n) is 3.50. The first kappa shape index (κ1) is 18.3. The van der Waals surface area contributed by atoms with Crippen LogP contribution in [0.5, 0.6) is 5.75 Å². The van der Waals surface area contributed by atoms with Crippen LogP contribution in [0.25, 0.3) is 0 Å². The highest BCUT2D eigenvalue weighted by Gasteiger charge is 2.40. The van der Waals surface area contributed by atoms with Crippen molar-refractivity contribution in [3.63, 3.8) is 0 Å². The summed E-state index contributed by atoms with van der Waals surface area (Å²) in [6.07, 6.45) is -0.765. The Morgan fingerprint density at radius 1 is 1.00 bits per heavy atom. The number of hydrogen-bond acceptors (Lipinski definition) is 2. The second-order valence-electron chi connectivity index (χ2n) is 6.54. The van der Waals surface area contributed by atoms with Crippen molar-refractivity contribution in [2.45, 2.75) is 43.9 Å². The minimum Gasteiger partial charge on any atom is -0.482 e. The predicted molar refractivity (Wildman–Crippen MR) is 90.2 cm³/mol. The first-order chi connectivity index (χ1) is 12.3. The summed E-state index contributed by atoms with van der Waals surface area (Å²) >= 11 is 0. The molecule has 2 aromatic carbocycles. The molecular weight excluding hydrogens is 345 g/mol. The lowest BCUT2D eigenvalue weighted by Gasteiger charge is -2.39. The monoisotopic (exact) mass is 364 g/mol. The van der Waals surface area contributed by atoms with Crippen LogP contribution in [0.15, 0.2) is 48.5 Å². The highest BCUT2D eigenvalue weighted by molar-refractivity contribution is 5.88. The number of benzene rings is 2. The number of alkyl halides is 3. The number of hydrogen-bond donors (Lipinski definition) is 1. The van der Waals surface area contributed by atoms with Crippen molar-refractivity contribution < 1.29 is 27.8 Å². The van der Waals surface area contributed by atoms with Crippen LogP contribution in [0.4, 0.5) is 13.2 Å². The number of halogens is 3. The Labute approximate surface area is 149 Å². The zero-order valence-corrected chi connectivity index (χ0v) is 14.1. The van der Waals surface area contributed by atoms with E-state index in [9.17, 15) is 18.0 Å². The second-order valence-corrected chi connectivity index (χ2v) is 6.54. The third-order valence-electron chi connectivity index (χ3n) is 4.80. The standard InChI is InChI=1S/C20H19F3O3/c21-20(22,23)16-10-9-14(18(24)25)13-17(16)26-19(11-5-2-6-12-19)15-7-3-1-4-8-15/h1,3-4,7-10,13H,2,5-6,11-12H2,(H,24,25). The maximum Gasteiger partial charge on any atom is 0.419 e. The third kappa shape index (κ3) is 3.69. The largest absolute Gasteiger partial charge is 0.482 e. The SMILES string of the molecule is O=C(O)c1ccc(C(F)(F)F)c(OC2(c3ccccc3)CCCCC2)c1. The summed E-state index contributed by atoms with van der Waals surface area (Å²) in [5.41, 5.74) is -1.25. The Morgan fingerprint density at radius 3 is 2.23 bits per heavy atom. The molecule has 0 radical (unpaired) electrons. The number of carboxylic acids is 1. The minimum atomic E-state index is -4.63. The van der Waals surface area contributed by atoms with E-state index in [1.807, 2.05) is 30.3 Å².